The van der Waals surface area contributed by atoms with Gasteiger partial charge < -0.3 is 14.7 Å². The molecule has 1 aliphatic rings. The van der Waals surface area contributed by atoms with Crippen molar-refractivity contribution in [2.45, 2.75) is 25.4 Å². The Hall–Kier alpha value is -2.81. The molecule has 9 heteroatoms. The topological polar surface area (TPSA) is 91.6 Å². The van der Waals surface area contributed by atoms with Crippen LogP contribution in [0.2, 0.25) is 0 Å². The largest absolute Gasteiger partial charge is 0.353 e. The maximum absolute atomic E-state index is 13.1. The number of carbonyl (C=O) groups excluding carboxylic acids is 2. The van der Waals surface area contributed by atoms with Crippen LogP contribution in [0, 0.1) is 5.82 Å². The van der Waals surface area contributed by atoms with Gasteiger partial charge in [-0.2, -0.15) is 4.98 Å². The number of likely N-dealkylation sites (N-methyl/N-ethyl adjacent to an activating group) is 1. The minimum atomic E-state index is -0.552. The van der Waals surface area contributed by atoms with Gasteiger partial charge in [0.25, 0.3) is 0 Å². The highest BCUT2D eigenvalue weighted by Gasteiger charge is 2.32. The van der Waals surface area contributed by atoms with Gasteiger partial charge in [0, 0.05) is 39.6 Å². The van der Waals surface area contributed by atoms with Crippen LogP contribution in [0.5, 0.6) is 0 Å². The molecule has 2 aromatic rings. The molecule has 1 aliphatic heterocycles. The first kappa shape index (κ1) is 19.0. The van der Waals surface area contributed by atoms with E-state index in [1.54, 1.807) is 24.1 Å². The molecule has 0 radical (unpaired) electrons. The highest BCUT2D eigenvalue weighted by atomic mass is 19.1. The summed E-state index contributed by atoms with van der Waals surface area (Å²) in [5.74, 6) is -0.0685. The van der Waals surface area contributed by atoms with Crippen LogP contribution in [0.25, 0.3) is 0 Å². The van der Waals surface area contributed by atoms with Gasteiger partial charge in [-0.3, -0.25) is 14.5 Å². The average Bonchev–Trinajstić information content (AvgIpc) is 3.18. The van der Waals surface area contributed by atoms with Crippen molar-refractivity contribution in [3.8, 4) is 0 Å². The molecular formula is C18H22FN5O3. The summed E-state index contributed by atoms with van der Waals surface area (Å²) in [5, 5.41) is 6.53. The minimum Gasteiger partial charge on any atom is -0.353 e. The molecule has 1 saturated heterocycles. The number of piperazine rings is 1. The summed E-state index contributed by atoms with van der Waals surface area (Å²) in [5.41, 5.74) is 0.897. The predicted molar refractivity (Wildman–Crippen MR) is 93.9 cm³/mol. The first-order valence-electron chi connectivity index (χ1n) is 8.78. The summed E-state index contributed by atoms with van der Waals surface area (Å²) in [7, 11) is 1.69. The first-order valence-corrected chi connectivity index (χ1v) is 8.78. The Morgan fingerprint density at radius 3 is 2.89 bits per heavy atom. The zero-order chi connectivity index (χ0) is 19.2. The van der Waals surface area contributed by atoms with Crippen LogP contribution in [0.15, 0.2) is 35.2 Å². The highest BCUT2D eigenvalue weighted by Crippen LogP contribution is 2.15. The van der Waals surface area contributed by atoms with E-state index >= 15 is 0 Å². The van der Waals surface area contributed by atoms with Crippen LogP contribution in [0.1, 0.15) is 17.8 Å². The summed E-state index contributed by atoms with van der Waals surface area (Å²) >= 11 is 0. The quantitative estimate of drug-likeness (QED) is 0.762. The fourth-order valence-electron chi connectivity index (χ4n) is 3.01. The summed E-state index contributed by atoms with van der Waals surface area (Å²) in [6.07, 6.45) is 1.81. The van der Waals surface area contributed by atoms with E-state index in [1.807, 2.05) is 4.90 Å². The zero-order valence-electron chi connectivity index (χ0n) is 15.1. The van der Waals surface area contributed by atoms with Crippen LogP contribution in [-0.4, -0.2) is 64.5 Å². The number of rotatable bonds is 7. The normalized spacial score (nSPS) is 17.6. The lowest BCUT2D eigenvalue weighted by Crippen LogP contribution is -2.56. The predicted octanol–water partition coefficient (Wildman–Crippen LogP) is 0.600. The maximum atomic E-state index is 13.1. The Bertz CT molecular complexity index is 766. The molecule has 0 aliphatic carbocycles. The van der Waals surface area contributed by atoms with Crippen molar-refractivity contribution < 1.29 is 18.5 Å². The molecule has 0 spiro atoms. The van der Waals surface area contributed by atoms with E-state index in [0.717, 1.165) is 5.56 Å². The van der Waals surface area contributed by atoms with E-state index < -0.39 is 6.04 Å². The molecule has 2 heterocycles. The lowest BCUT2D eigenvalue weighted by molar-refractivity contribution is -0.138. The van der Waals surface area contributed by atoms with Gasteiger partial charge >= 0.3 is 0 Å². The smallest absolute Gasteiger partial charge is 0.237 e. The lowest BCUT2D eigenvalue weighted by atomic mass is 10.1. The minimum absolute atomic E-state index is 0.0791. The van der Waals surface area contributed by atoms with Crippen molar-refractivity contribution in [1.29, 1.82) is 0 Å². The monoisotopic (exact) mass is 375 g/mol. The van der Waals surface area contributed by atoms with Crippen LogP contribution >= 0.6 is 0 Å². The van der Waals surface area contributed by atoms with Gasteiger partial charge in [0.1, 0.15) is 5.82 Å². The molecular weight excluding hydrogens is 353 g/mol. The number of halogens is 1. The molecule has 1 aromatic heterocycles. The molecule has 1 N–H and O–H groups in total. The van der Waals surface area contributed by atoms with Gasteiger partial charge in [0.05, 0.1) is 12.5 Å². The molecule has 0 bridgehead atoms. The SMILES string of the molecule is CN(CCc1ncon1)C(=O)C[C@@H]1C(=O)NCCN1Cc1ccc(F)cc1. The van der Waals surface area contributed by atoms with Crippen molar-refractivity contribution in [3.63, 3.8) is 0 Å². The molecule has 0 saturated carbocycles. The molecule has 2 amide bonds. The van der Waals surface area contributed by atoms with E-state index in [-0.39, 0.29) is 24.1 Å². The number of amides is 2. The molecule has 3 rings (SSSR count). The number of hydrogen-bond donors (Lipinski definition) is 1. The third-order valence-corrected chi connectivity index (χ3v) is 4.61. The van der Waals surface area contributed by atoms with Crippen LogP contribution in [0.3, 0.4) is 0 Å². The maximum Gasteiger partial charge on any atom is 0.237 e. The van der Waals surface area contributed by atoms with E-state index in [9.17, 15) is 14.0 Å². The fourth-order valence-corrected chi connectivity index (χ4v) is 3.01. The number of aromatic nitrogens is 2. The molecule has 144 valence electrons. The molecule has 1 fully saturated rings. The van der Waals surface area contributed by atoms with E-state index in [1.165, 1.54) is 18.5 Å². The molecule has 27 heavy (non-hydrogen) atoms. The third-order valence-electron chi connectivity index (χ3n) is 4.61. The van der Waals surface area contributed by atoms with Crippen molar-refractivity contribution >= 4 is 11.8 Å². The van der Waals surface area contributed by atoms with E-state index in [0.29, 0.717) is 38.4 Å². The number of hydrogen-bond acceptors (Lipinski definition) is 6. The standard InChI is InChI=1S/C18H22FN5O3/c1-23(8-6-16-21-12-27-22-16)17(25)10-15-18(26)20-7-9-24(15)11-13-2-4-14(19)5-3-13/h2-5,12,15H,6-11H2,1H3,(H,20,26)/t15-/m1/s1. The van der Waals surface area contributed by atoms with Crippen molar-refractivity contribution in [2.75, 3.05) is 26.7 Å². The second-order valence-corrected chi connectivity index (χ2v) is 6.52. The number of carbonyl (C=O) groups is 2. The molecule has 1 aromatic carbocycles. The molecule has 8 nitrogen and oxygen atoms in total. The fraction of sp³-hybridized carbons (Fsp3) is 0.444. The lowest BCUT2D eigenvalue weighted by Gasteiger charge is -2.35. The van der Waals surface area contributed by atoms with Crippen LogP contribution in [-0.2, 0) is 22.6 Å². The van der Waals surface area contributed by atoms with Crippen LogP contribution in [0.4, 0.5) is 4.39 Å². The second kappa shape index (κ2) is 8.72. The Kier molecular flexibility index (Phi) is 6.12. The van der Waals surface area contributed by atoms with Gasteiger partial charge in [0.15, 0.2) is 5.82 Å². The van der Waals surface area contributed by atoms with Gasteiger partial charge in [-0.15, -0.1) is 0 Å². The van der Waals surface area contributed by atoms with Gasteiger partial charge in [-0.05, 0) is 17.7 Å². The van der Waals surface area contributed by atoms with Gasteiger partial charge in [-0.1, -0.05) is 17.3 Å². The second-order valence-electron chi connectivity index (χ2n) is 6.52. The van der Waals surface area contributed by atoms with Crippen molar-refractivity contribution in [3.05, 3.63) is 47.9 Å². The highest BCUT2D eigenvalue weighted by molar-refractivity contribution is 5.88. The molecule has 1 atom stereocenters. The Morgan fingerprint density at radius 1 is 1.41 bits per heavy atom. The Balaban J connectivity index is 1.59. The van der Waals surface area contributed by atoms with E-state index in [2.05, 4.69) is 20.0 Å². The molecule has 0 unspecified atom stereocenters. The summed E-state index contributed by atoms with van der Waals surface area (Å²) in [6, 6.07) is 5.62. The van der Waals surface area contributed by atoms with Crippen molar-refractivity contribution in [2.24, 2.45) is 0 Å². The van der Waals surface area contributed by atoms with Gasteiger partial charge in [0.2, 0.25) is 18.2 Å². The van der Waals surface area contributed by atoms with Gasteiger partial charge in [-0.25, -0.2) is 4.39 Å². The van der Waals surface area contributed by atoms with Crippen molar-refractivity contribution in [1.82, 2.24) is 25.3 Å². The Morgan fingerprint density at radius 2 is 2.19 bits per heavy atom. The number of nitrogens with zero attached hydrogens (tertiary/aromatic N) is 4. The summed E-state index contributed by atoms with van der Waals surface area (Å²) in [6.45, 7) is 2.08. The Labute approximate surface area is 156 Å². The summed E-state index contributed by atoms with van der Waals surface area (Å²) in [4.78, 5) is 32.3. The van der Waals surface area contributed by atoms with E-state index in [4.69, 9.17) is 0 Å². The first-order chi connectivity index (χ1) is 13.0. The zero-order valence-corrected chi connectivity index (χ0v) is 15.1. The summed E-state index contributed by atoms with van der Waals surface area (Å²) < 4.78 is 17.8. The van der Waals surface area contributed by atoms with Crippen LogP contribution < -0.4 is 5.32 Å². The average molecular weight is 375 g/mol. The number of benzene rings is 1. The number of nitrogens with one attached hydrogen (secondary N) is 1. The third kappa shape index (κ3) is 5.10.